The minimum Gasteiger partial charge on any atom is -0.329 e. The van der Waals surface area contributed by atoms with Crippen LogP contribution in [-0.4, -0.2) is 11.3 Å². The van der Waals surface area contributed by atoms with E-state index in [2.05, 4.69) is 4.98 Å². The van der Waals surface area contributed by atoms with E-state index in [0.717, 1.165) is 5.56 Å². The molecule has 0 unspecified atom stereocenters. The fraction of sp³-hybridized carbons (Fsp3) is 0. The third-order valence-electron chi connectivity index (χ3n) is 2.18. The van der Waals surface area contributed by atoms with Gasteiger partial charge in [0, 0.05) is 11.8 Å². The third kappa shape index (κ3) is 1.72. The van der Waals surface area contributed by atoms with Crippen LogP contribution in [0.15, 0.2) is 47.4 Å². The summed E-state index contributed by atoms with van der Waals surface area (Å²) in [4.78, 5) is 24.9. The van der Waals surface area contributed by atoms with Crippen LogP contribution in [-0.2, 0) is 0 Å². The van der Waals surface area contributed by atoms with Gasteiger partial charge in [0.1, 0.15) is 0 Å². The second-order valence-corrected chi connectivity index (χ2v) is 3.12. The number of hydrogen-bond donors (Lipinski definition) is 1. The molecule has 2 rings (SSSR count). The summed E-state index contributed by atoms with van der Waals surface area (Å²) in [6.45, 7) is 0. The SMILES string of the molecule is O=Cc1cc[nH]c(=O)c1-c1ccccc1. The number of nitrogens with one attached hydrogen (secondary N) is 1. The molecule has 0 aliphatic rings. The summed E-state index contributed by atoms with van der Waals surface area (Å²) in [6, 6.07) is 10.7. The van der Waals surface area contributed by atoms with Crippen LogP contribution in [0.4, 0.5) is 0 Å². The number of pyridine rings is 1. The second-order valence-electron chi connectivity index (χ2n) is 3.12. The first-order valence-corrected chi connectivity index (χ1v) is 4.55. The number of aromatic amines is 1. The van der Waals surface area contributed by atoms with Gasteiger partial charge in [-0.1, -0.05) is 30.3 Å². The Morgan fingerprint density at radius 2 is 1.80 bits per heavy atom. The van der Waals surface area contributed by atoms with Crippen molar-refractivity contribution in [1.29, 1.82) is 0 Å². The Kier molecular flexibility index (Phi) is 2.46. The van der Waals surface area contributed by atoms with Gasteiger partial charge in [-0.2, -0.15) is 0 Å². The van der Waals surface area contributed by atoms with Gasteiger partial charge in [-0.15, -0.1) is 0 Å². The van der Waals surface area contributed by atoms with Gasteiger partial charge in [0.05, 0.1) is 5.56 Å². The van der Waals surface area contributed by atoms with Crippen LogP contribution in [0.25, 0.3) is 11.1 Å². The van der Waals surface area contributed by atoms with Crippen LogP contribution in [0.2, 0.25) is 0 Å². The largest absolute Gasteiger partial charge is 0.329 e. The smallest absolute Gasteiger partial charge is 0.256 e. The number of rotatable bonds is 2. The molecule has 0 fully saturated rings. The van der Waals surface area contributed by atoms with E-state index in [1.165, 1.54) is 6.20 Å². The molecular weight excluding hydrogens is 190 g/mol. The zero-order chi connectivity index (χ0) is 10.7. The lowest BCUT2D eigenvalue weighted by Crippen LogP contribution is -2.10. The molecular formula is C12H9NO2. The lowest BCUT2D eigenvalue weighted by atomic mass is 10.0. The minimum atomic E-state index is -0.245. The first-order valence-electron chi connectivity index (χ1n) is 4.55. The predicted octanol–water partition coefficient (Wildman–Crippen LogP) is 1.85. The molecule has 2 aromatic rings. The van der Waals surface area contributed by atoms with Crippen molar-refractivity contribution in [3.63, 3.8) is 0 Å². The molecule has 3 nitrogen and oxygen atoms in total. The second kappa shape index (κ2) is 3.92. The van der Waals surface area contributed by atoms with E-state index in [9.17, 15) is 9.59 Å². The van der Waals surface area contributed by atoms with Crippen molar-refractivity contribution < 1.29 is 4.79 Å². The number of H-pyrrole nitrogens is 1. The summed E-state index contributed by atoms with van der Waals surface area (Å²) in [6.07, 6.45) is 2.16. The lowest BCUT2D eigenvalue weighted by Gasteiger charge is -2.02. The number of aromatic nitrogens is 1. The maximum Gasteiger partial charge on any atom is 0.256 e. The van der Waals surface area contributed by atoms with Crippen LogP contribution in [0.5, 0.6) is 0 Å². The summed E-state index contributed by atoms with van der Waals surface area (Å²) in [5.41, 5.74) is 1.34. The normalized spacial score (nSPS) is 9.87. The Hall–Kier alpha value is -2.16. The Morgan fingerprint density at radius 3 is 2.47 bits per heavy atom. The molecule has 15 heavy (non-hydrogen) atoms. The molecule has 0 spiro atoms. The number of benzene rings is 1. The number of hydrogen-bond acceptors (Lipinski definition) is 2. The zero-order valence-corrected chi connectivity index (χ0v) is 7.94. The molecule has 0 radical (unpaired) electrons. The number of carbonyl (C=O) groups is 1. The maximum absolute atomic E-state index is 11.6. The first kappa shape index (κ1) is 9.40. The summed E-state index contributed by atoms with van der Waals surface area (Å²) in [5, 5.41) is 0. The summed E-state index contributed by atoms with van der Waals surface area (Å²) in [7, 11) is 0. The highest BCUT2D eigenvalue weighted by Gasteiger charge is 2.07. The van der Waals surface area contributed by atoms with E-state index in [0.29, 0.717) is 17.4 Å². The Bertz CT molecular complexity index is 529. The molecule has 0 aliphatic carbocycles. The van der Waals surface area contributed by atoms with Crippen molar-refractivity contribution in [1.82, 2.24) is 4.98 Å². The van der Waals surface area contributed by atoms with Gasteiger partial charge >= 0.3 is 0 Å². The van der Waals surface area contributed by atoms with E-state index >= 15 is 0 Å². The highest BCUT2D eigenvalue weighted by atomic mass is 16.1. The Labute approximate surface area is 86.4 Å². The molecule has 1 heterocycles. The minimum absolute atomic E-state index is 0.245. The topological polar surface area (TPSA) is 49.9 Å². The van der Waals surface area contributed by atoms with Crippen molar-refractivity contribution >= 4 is 6.29 Å². The van der Waals surface area contributed by atoms with Gasteiger partial charge in [-0.05, 0) is 11.6 Å². The Morgan fingerprint density at radius 1 is 1.07 bits per heavy atom. The fourth-order valence-electron chi connectivity index (χ4n) is 1.49. The van der Waals surface area contributed by atoms with E-state index in [4.69, 9.17) is 0 Å². The predicted molar refractivity (Wildman–Crippen MR) is 57.9 cm³/mol. The van der Waals surface area contributed by atoms with Crippen LogP contribution in [0.1, 0.15) is 10.4 Å². The van der Waals surface area contributed by atoms with Gasteiger partial charge in [-0.25, -0.2) is 0 Å². The number of carbonyl (C=O) groups excluding carboxylic acids is 1. The fourth-order valence-corrected chi connectivity index (χ4v) is 1.49. The number of aldehydes is 1. The molecule has 0 saturated heterocycles. The third-order valence-corrected chi connectivity index (χ3v) is 2.18. The highest BCUT2D eigenvalue weighted by molar-refractivity contribution is 5.86. The van der Waals surface area contributed by atoms with E-state index < -0.39 is 0 Å². The quantitative estimate of drug-likeness (QED) is 0.750. The van der Waals surface area contributed by atoms with Crippen LogP contribution >= 0.6 is 0 Å². The summed E-state index contributed by atoms with van der Waals surface area (Å²) < 4.78 is 0. The van der Waals surface area contributed by atoms with Crippen molar-refractivity contribution in [2.24, 2.45) is 0 Å². The van der Waals surface area contributed by atoms with Crippen molar-refractivity contribution in [3.05, 3.63) is 58.5 Å². The zero-order valence-electron chi connectivity index (χ0n) is 7.94. The van der Waals surface area contributed by atoms with Gasteiger partial charge in [-0.3, -0.25) is 9.59 Å². The van der Waals surface area contributed by atoms with Crippen molar-refractivity contribution in [3.8, 4) is 11.1 Å². The average molecular weight is 199 g/mol. The Balaban J connectivity index is 2.72. The summed E-state index contributed by atoms with van der Waals surface area (Å²) in [5.74, 6) is 0. The molecule has 1 N–H and O–H groups in total. The molecule has 1 aromatic carbocycles. The van der Waals surface area contributed by atoms with Crippen LogP contribution < -0.4 is 5.56 Å². The van der Waals surface area contributed by atoms with Gasteiger partial charge in [0.2, 0.25) is 0 Å². The van der Waals surface area contributed by atoms with Gasteiger partial charge in [0.15, 0.2) is 6.29 Å². The highest BCUT2D eigenvalue weighted by Crippen LogP contribution is 2.17. The molecule has 0 atom stereocenters. The molecule has 0 saturated carbocycles. The van der Waals surface area contributed by atoms with Gasteiger partial charge in [0.25, 0.3) is 5.56 Å². The molecule has 1 aromatic heterocycles. The van der Waals surface area contributed by atoms with E-state index in [1.54, 1.807) is 18.2 Å². The van der Waals surface area contributed by atoms with Gasteiger partial charge < -0.3 is 4.98 Å². The van der Waals surface area contributed by atoms with E-state index in [-0.39, 0.29) is 5.56 Å². The molecule has 0 bridgehead atoms. The average Bonchev–Trinajstić information content (AvgIpc) is 2.29. The lowest BCUT2D eigenvalue weighted by molar-refractivity contribution is 0.112. The van der Waals surface area contributed by atoms with Crippen LogP contribution in [0.3, 0.4) is 0 Å². The molecule has 0 amide bonds. The van der Waals surface area contributed by atoms with Crippen LogP contribution in [0, 0.1) is 0 Å². The maximum atomic E-state index is 11.6. The van der Waals surface area contributed by atoms with Crippen molar-refractivity contribution in [2.75, 3.05) is 0 Å². The standard InChI is InChI=1S/C12H9NO2/c14-8-10-6-7-13-12(15)11(10)9-4-2-1-3-5-9/h1-8H,(H,13,15). The molecule has 74 valence electrons. The monoisotopic (exact) mass is 199 g/mol. The molecule has 0 aliphatic heterocycles. The van der Waals surface area contributed by atoms with E-state index in [1.807, 2.05) is 18.2 Å². The summed E-state index contributed by atoms with van der Waals surface area (Å²) >= 11 is 0. The first-order chi connectivity index (χ1) is 7.33. The molecule has 3 heteroatoms. The van der Waals surface area contributed by atoms with Crippen molar-refractivity contribution in [2.45, 2.75) is 0 Å².